The zero-order valence-electron chi connectivity index (χ0n) is 32.4. The molecule has 1 fully saturated rings. The molecule has 0 amide bonds. The van der Waals surface area contributed by atoms with Crippen LogP contribution in [0.4, 0.5) is 0 Å². The Labute approximate surface area is 343 Å². The molecule has 8 rings (SSSR count). The van der Waals surface area contributed by atoms with E-state index in [2.05, 4.69) is 12.1 Å². The van der Waals surface area contributed by atoms with Gasteiger partial charge in [-0.3, -0.25) is 4.79 Å². The topological polar surface area (TPSA) is 72.5 Å². The van der Waals surface area contributed by atoms with Gasteiger partial charge in [0.1, 0.15) is 30.3 Å². The van der Waals surface area contributed by atoms with E-state index in [9.17, 15) is 4.79 Å². The standard InChI is InChI=1S/C50H46O7S/c1-52-43-29-44(54-31-36-18-8-3-9-19-36)42(28-41(43)48(51)47-26-39-24-14-15-25-46(39)58-47)49-50(56-33-38-22-12-5-13-23-38)45(55-32-37-20-10-4-11-21-37)27-40(57-49)34-53-30-35-16-6-2-7-17-35/h2-26,28-29,40,45,49-50H,27,30-34H2,1H3. The van der Waals surface area contributed by atoms with Crippen LogP contribution in [0.25, 0.3) is 10.1 Å². The number of benzene rings is 6. The fourth-order valence-electron chi connectivity index (χ4n) is 7.30. The number of carbonyl (C=O) groups is 1. The van der Waals surface area contributed by atoms with Gasteiger partial charge in [-0.15, -0.1) is 11.3 Å². The predicted octanol–water partition coefficient (Wildman–Crippen LogP) is 10.9. The number of methoxy groups -OCH3 is 1. The van der Waals surface area contributed by atoms with Crippen LogP contribution >= 0.6 is 11.3 Å². The van der Waals surface area contributed by atoms with Crippen LogP contribution in [-0.4, -0.2) is 37.8 Å². The lowest BCUT2D eigenvalue weighted by Gasteiger charge is -2.42. The van der Waals surface area contributed by atoms with Gasteiger partial charge >= 0.3 is 0 Å². The van der Waals surface area contributed by atoms with Crippen LogP contribution in [0, 0.1) is 0 Å². The van der Waals surface area contributed by atoms with E-state index < -0.39 is 18.3 Å². The first-order chi connectivity index (χ1) is 28.6. The number of hydrogen-bond acceptors (Lipinski definition) is 8. The maximum atomic E-state index is 14.6. The smallest absolute Gasteiger partial charge is 0.206 e. The second kappa shape index (κ2) is 19.2. The molecule has 294 valence electrons. The van der Waals surface area contributed by atoms with Gasteiger partial charge < -0.3 is 28.4 Å². The molecular weight excluding hydrogens is 745 g/mol. The molecule has 2 heterocycles. The Morgan fingerprint density at radius 2 is 1.21 bits per heavy atom. The second-order valence-electron chi connectivity index (χ2n) is 14.4. The Bertz CT molecular complexity index is 2330. The van der Waals surface area contributed by atoms with Gasteiger partial charge in [0.05, 0.1) is 56.2 Å². The summed E-state index contributed by atoms with van der Waals surface area (Å²) in [6.07, 6.45) is -1.54. The summed E-state index contributed by atoms with van der Waals surface area (Å²) in [6, 6.07) is 53.9. The molecule has 8 heteroatoms. The molecule has 0 saturated carbocycles. The van der Waals surface area contributed by atoms with Crippen molar-refractivity contribution in [2.75, 3.05) is 13.7 Å². The highest BCUT2D eigenvalue weighted by Crippen LogP contribution is 2.44. The van der Waals surface area contributed by atoms with Crippen molar-refractivity contribution < 1.29 is 33.2 Å². The van der Waals surface area contributed by atoms with Crippen LogP contribution in [0.5, 0.6) is 11.5 Å². The largest absolute Gasteiger partial charge is 0.496 e. The molecule has 1 aromatic heterocycles. The molecule has 1 aliphatic heterocycles. The molecule has 0 bridgehead atoms. The van der Waals surface area contributed by atoms with Gasteiger partial charge in [0.15, 0.2) is 0 Å². The average molecular weight is 791 g/mol. The van der Waals surface area contributed by atoms with Crippen LogP contribution in [0.3, 0.4) is 0 Å². The van der Waals surface area contributed by atoms with Crippen LogP contribution in [-0.2, 0) is 45.4 Å². The average Bonchev–Trinajstić information content (AvgIpc) is 3.73. The predicted molar refractivity (Wildman–Crippen MR) is 227 cm³/mol. The Kier molecular flexibility index (Phi) is 13.0. The molecule has 0 spiro atoms. The molecule has 1 aliphatic rings. The summed E-state index contributed by atoms with van der Waals surface area (Å²) in [4.78, 5) is 15.2. The van der Waals surface area contributed by atoms with Gasteiger partial charge in [-0.25, -0.2) is 0 Å². The highest BCUT2D eigenvalue weighted by atomic mass is 32.1. The molecule has 4 unspecified atom stereocenters. The number of rotatable bonds is 17. The summed E-state index contributed by atoms with van der Waals surface area (Å²) in [5.74, 6) is 0.789. The van der Waals surface area contributed by atoms with Crippen molar-refractivity contribution in [2.45, 2.75) is 57.3 Å². The molecule has 0 N–H and O–H groups in total. The first-order valence-corrected chi connectivity index (χ1v) is 20.4. The number of carbonyl (C=O) groups excluding carboxylic acids is 1. The first-order valence-electron chi connectivity index (χ1n) is 19.6. The number of hydrogen-bond donors (Lipinski definition) is 0. The van der Waals surface area contributed by atoms with Crippen molar-refractivity contribution in [1.82, 2.24) is 0 Å². The summed E-state index contributed by atoms with van der Waals surface area (Å²) in [7, 11) is 1.58. The first kappa shape index (κ1) is 39.2. The molecule has 58 heavy (non-hydrogen) atoms. The van der Waals surface area contributed by atoms with Crippen LogP contribution < -0.4 is 9.47 Å². The third kappa shape index (κ3) is 9.73. The minimum Gasteiger partial charge on any atom is -0.496 e. The Morgan fingerprint density at radius 1 is 0.638 bits per heavy atom. The monoisotopic (exact) mass is 790 g/mol. The van der Waals surface area contributed by atoms with Crippen molar-refractivity contribution in [1.29, 1.82) is 0 Å². The van der Waals surface area contributed by atoms with E-state index >= 15 is 0 Å². The van der Waals surface area contributed by atoms with E-state index in [-0.39, 0.29) is 11.9 Å². The Hall–Kier alpha value is -5.61. The number of fused-ring (bicyclic) bond motifs is 1. The molecule has 4 atom stereocenters. The maximum absolute atomic E-state index is 14.6. The SMILES string of the molecule is COc1cc(OCc2ccccc2)c(C2OC(COCc3ccccc3)CC(OCc3ccccc3)C2OCc2ccccc2)cc1C(=O)c1cc2ccccc2s1. The van der Waals surface area contributed by atoms with Gasteiger partial charge in [0, 0.05) is 22.8 Å². The Morgan fingerprint density at radius 3 is 1.83 bits per heavy atom. The summed E-state index contributed by atoms with van der Waals surface area (Å²) >= 11 is 1.46. The van der Waals surface area contributed by atoms with E-state index in [0.29, 0.717) is 67.0 Å². The minimum atomic E-state index is -0.714. The minimum absolute atomic E-state index is 0.147. The van der Waals surface area contributed by atoms with Crippen molar-refractivity contribution in [3.05, 3.63) is 202 Å². The van der Waals surface area contributed by atoms with Crippen LogP contribution in [0.15, 0.2) is 164 Å². The zero-order valence-corrected chi connectivity index (χ0v) is 33.2. The van der Waals surface area contributed by atoms with Gasteiger partial charge in [0.2, 0.25) is 5.78 Å². The van der Waals surface area contributed by atoms with Gasteiger partial charge in [0.25, 0.3) is 0 Å². The lowest BCUT2D eigenvalue weighted by atomic mass is 9.90. The fraction of sp³-hybridized carbons (Fsp3) is 0.220. The molecule has 7 aromatic rings. The molecule has 1 saturated heterocycles. The highest BCUT2D eigenvalue weighted by Gasteiger charge is 2.43. The van der Waals surface area contributed by atoms with Crippen molar-refractivity contribution in [2.24, 2.45) is 0 Å². The number of ether oxygens (including phenoxy) is 6. The van der Waals surface area contributed by atoms with E-state index in [4.69, 9.17) is 28.4 Å². The summed E-state index contributed by atoms with van der Waals surface area (Å²) in [6.45, 7) is 1.77. The maximum Gasteiger partial charge on any atom is 0.206 e. The molecule has 0 radical (unpaired) electrons. The normalized spacial score (nSPS) is 17.9. The number of ketones is 1. The van der Waals surface area contributed by atoms with Crippen LogP contribution in [0.1, 0.15) is 55.6 Å². The van der Waals surface area contributed by atoms with Crippen molar-refractivity contribution in [3.8, 4) is 11.5 Å². The summed E-state index contributed by atoms with van der Waals surface area (Å²) in [5, 5.41) is 1.01. The van der Waals surface area contributed by atoms with Gasteiger partial charge in [-0.05, 0) is 45.8 Å². The fourth-order valence-corrected chi connectivity index (χ4v) is 8.32. The van der Waals surface area contributed by atoms with E-state index in [1.165, 1.54) is 11.3 Å². The van der Waals surface area contributed by atoms with E-state index in [0.717, 1.165) is 32.3 Å². The van der Waals surface area contributed by atoms with Gasteiger partial charge in [-0.1, -0.05) is 140 Å². The second-order valence-corrected chi connectivity index (χ2v) is 15.4. The lowest BCUT2D eigenvalue weighted by Crippen LogP contribution is -2.47. The zero-order chi connectivity index (χ0) is 39.5. The van der Waals surface area contributed by atoms with Crippen molar-refractivity contribution >= 4 is 27.2 Å². The third-order valence-electron chi connectivity index (χ3n) is 10.3. The summed E-state index contributed by atoms with van der Waals surface area (Å²) < 4.78 is 40.8. The highest BCUT2D eigenvalue weighted by molar-refractivity contribution is 7.21. The number of thiophene rings is 1. The molecule has 6 aromatic carbocycles. The Balaban J connectivity index is 1.20. The summed E-state index contributed by atoms with van der Waals surface area (Å²) in [5.41, 5.74) is 5.22. The van der Waals surface area contributed by atoms with Crippen molar-refractivity contribution in [3.63, 3.8) is 0 Å². The molecule has 0 aliphatic carbocycles. The molecular formula is C50H46O7S. The van der Waals surface area contributed by atoms with E-state index in [1.807, 2.05) is 152 Å². The van der Waals surface area contributed by atoms with E-state index in [1.54, 1.807) is 7.11 Å². The van der Waals surface area contributed by atoms with Crippen LogP contribution in [0.2, 0.25) is 0 Å². The quantitative estimate of drug-likeness (QED) is 0.0851. The third-order valence-corrected chi connectivity index (χ3v) is 11.4. The lowest BCUT2D eigenvalue weighted by molar-refractivity contribution is -0.219. The van der Waals surface area contributed by atoms with Gasteiger partial charge in [-0.2, -0.15) is 0 Å². The molecule has 7 nitrogen and oxygen atoms in total.